The van der Waals surface area contributed by atoms with Crippen molar-refractivity contribution in [3.8, 4) is 0 Å². The smallest absolute Gasteiger partial charge is 0.328 e. The molecule has 0 radical (unpaired) electrons. The lowest BCUT2D eigenvalue weighted by Crippen LogP contribution is -2.45. The van der Waals surface area contributed by atoms with Crippen LogP contribution in [-0.2, 0) is 16.1 Å². The molecule has 0 spiro atoms. The van der Waals surface area contributed by atoms with Crippen LogP contribution in [0.4, 0.5) is 0 Å². The summed E-state index contributed by atoms with van der Waals surface area (Å²) in [6, 6.07) is 1.16. The lowest BCUT2D eigenvalue weighted by molar-refractivity contribution is -0.123. The van der Waals surface area contributed by atoms with Gasteiger partial charge in [0.1, 0.15) is 12.1 Å². The second-order valence-electron chi connectivity index (χ2n) is 4.54. The van der Waals surface area contributed by atoms with Crippen molar-refractivity contribution in [3.05, 3.63) is 33.1 Å². The Morgan fingerprint density at radius 1 is 1.58 bits per heavy atom. The van der Waals surface area contributed by atoms with Crippen LogP contribution in [0.1, 0.15) is 6.42 Å². The second kappa shape index (κ2) is 5.37. The van der Waals surface area contributed by atoms with Crippen molar-refractivity contribution in [2.75, 3.05) is 19.8 Å². The van der Waals surface area contributed by atoms with E-state index < -0.39 is 22.8 Å². The highest BCUT2D eigenvalue weighted by atomic mass is 16.5. The van der Waals surface area contributed by atoms with E-state index in [1.165, 1.54) is 6.20 Å². The van der Waals surface area contributed by atoms with Gasteiger partial charge in [-0.25, -0.2) is 4.79 Å². The van der Waals surface area contributed by atoms with Crippen molar-refractivity contribution in [1.82, 2.24) is 14.9 Å². The number of carbonyl (C=O) groups is 1. The molecular weight excluding hydrogens is 254 g/mol. The number of hydrogen-bond donors (Lipinski definition) is 3. The van der Waals surface area contributed by atoms with Crippen molar-refractivity contribution in [2.45, 2.75) is 18.6 Å². The van der Waals surface area contributed by atoms with Gasteiger partial charge in [-0.15, -0.1) is 0 Å². The predicted octanol–water partition coefficient (Wildman–Crippen LogP) is -2.20. The number of aliphatic hydroxyl groups is 1. The van der Waals surface area contributed by atoms with Gasteiger partial charge in [0, 0.05) is 31.8 Å². The maximum absolute atomic E-state index is 11.6. The zero-order valence-corrected chi connectivity index (χ0v) is 10.2. The molecule has 0 saturated carbocycles. The third-order valence-corrected chi connectivity index (χ3v) is 2.91. The summed E-state index contributed by atoms with van der Waals surface area (Å²) < 4.78 is 6.12. The van der Waals surface area contributed by atoms with Gasteiger partial charge in [0.25, 0.3) is 5.56 Å². The van der Waals surface area contributed by atoms with Gasteiger partial charge in [-0.05, 0) is 0 Å². The maximum atomic E-state index is 11.6. The van der Waals surface area contributed by atoms with Crippen molar-refractivity contribution in [1.29, 1.82) is 0 Å². The Kier molecular flexibility index (Phi) is 3.82. The molecule has 1 aliphatic rings. The summed E-state index contributed by atoms with van der Waals surface area (Å²) in [7, 11) is 0. The fourth-order valence-corrected chi connectivity index (χ4v) is 1.78. The molecule has 0 aliphatic carbocycles. The highest BCUT2D eigenvalue weighted by Crippen LogP contribution is 2.16. The minimum atomic E-state index is -1.04. The van der Waals surface area contributed by atoms with Gasteiger partial charge in [0.15, 0.2) is 0 Å². The average Bonchev–Trinajstić information content (AvgIpc) is 2.78. The molecule has 0 aromatic carbocycles. The number of aromatic amines is 1. The van der Waals surface area contributed by atoms with Gasteiger partial charge in [0.05, 0.1) is 6.61 Å². The van der Waals surface area contributed by atoms with E-state index >= 15 is 0 Å². The number of amides is 1. The number of H-pyrrole nitrogens is 1. The number of nitrogens with zero attached hydrogens (tertiary/aromatic N) is 1. The highest BCUT2D eigenvalue weighted by Gasteiger charge is 2.32. The van der Waals surface area contributed by atoms with E-state index in [-0.39, 0.29) is 19.7 Å². The summed E-state index contributed by atoms with van der Waals surface area (Å²) in [5, 5.41) is 12.5. The first-order chi connectivity index (χ1) is 8.98. The van der Waals surface area contributed by atoms with E-state index in [0.29, 0.717) is 13.0 Å². The molecule has 1 aromatic heterocycles. The minimum absolute atomic E-state index is 0.0734. The standard InChI is InChI=1S/C11H15N3O5/c15-8-1-3-14(10(17)13-8)5-9(16)12-6-11(18)2-4-19-7-11/h1,3,18H,2,4-7H2,(H,12,16)(H,13,15,17). The molecule has 1 saturated heterocycles. The van der Waals surface area contributed by atoms with Gasteiger partial charge in [0.2, 0.25) is 5.91 Å². The van der Waals surface area contributed by atoms with E-state index in [1.54, 1.807) is 0 Å². The summed E-state index contributed by atoms with van der Waals surface area (Å²) >= 11 is 0. The molecule has 1 aliphatic heterocycles. The molecule has 1 unspecified atom stereocenters. The summed E-state index contributed by atoms with van der Waals surface area (Å²) in [6.45, 7) is 0.508. The van der Waals surface area contributed by atoms with Gasteiger partial charge in [-0.2, -0.15) is 0 Å². The van der Waals surface area contributed by atoms with E-state index in [0.717, 1.165) is 10.6 Å². The van der Waals surface area contributed by atoms with Crippen LogP contribution in [0.25, 0.3) is 0 Å². The number of rotatable bonds is 4. The molecule has 0 bridgehead atoms. The van der Waals surface area contributed by atoms with Crippen molar-refractivity contribution < 1.29 is 14.6 Å². The van der Waals surface area contributed by atoms with E-state index in [9.17, 15) is 19.5 Å². The predicted molar refractivity (Wildman–Crippen MR) is 64.7 cm³/mol. The van der Waals surface area contributed by atoms with Crippen molar-refractivity contribution >= 4 is 5.91 Å². The molecule has 2 heterocycles. The van der Waals surface area contributed by atoms with Gasteiger partial charge in [-0.3, -0.25) is 19.1 Å². The zero-order chi connectivity index (χ0) is 13.9. The topological polar surface area (TPSA) is 113 Å². The third kappa shape index (κ3) is 3.52. The van der Waals surface area contributed by atoms with Crippen molar-refractivity contribution in [2.24, 2.45) is 0 Å². The first-order valence-corrected chi connectivity index (χ1v) is 5.85. The largest absolute Gasteiger partial charge is 0.386 e. The highest BCUT2D eigenvalue weighted by molar-refractivity contribution is 5.75. The molecule has 8 heteroatoms. The number of ether oxygens (including phenoxy) is 1. The Morgan fingerprint density at radius 3 is 3.00 bits per heavy atom. The number of nitrogens with one attached hydrogen (secondary N) is 2. The lowest BCUT2D eigenvalue weighted by Gasteiger charge is -2.20. The molecule has 1 atom stereocenters. The summed E-state index contributed by atoms with van der Waals surface area (Å²) in [5.74, 6) is -0.422. The number of carbonyl (C=O) groups excluding carboxylic acids is 1. The molecule has 8 nitrogen and oxygen atoms in total. The van der Waals surface area contributed by atoms with Crippen LogP contribution < -0.4 is 16.6 Å². The molecule has 19 heavy (non-hydrogen) atoms. The molecule has 1 aromatic rings. The fourth-order valence-electron chi connectivity index (χ4n) is 1.78. The van der Waals surface area contributed by atoms with Crippen LogP contribution in [0.5, 0.6) is 0 Å². The molecule has 104 valence electrons. The van der Waals surface area contributed by atoms with Gasteiger partial charge >= 0.3 is 5.69 Å². The van der Waals surface area contributed by atoms with Crippen LogP contribution in [-0.4, -0.2) is 45.9 Å². The van der Waals surface area contributed by atoms with Crippen molar-refractivity contribution in [3.63, 3.8) is 0 Å². The van der Waals surface area contributed by atoms with E-state index in [1.807, 2.05) is 0 Å². The quantitative estimate of drug-likeness (QED) is 0.574. The molecule has 1 fully saturated rings. The van der Waals surface area contributed by atoms with Crippen LogP contribution in [0.15, 0.2) is 21.9 Å². The molecular formula is C11H15N3O5. The van der Waals surface area contributed by atoms with Gasteiger partial charge in [-0.1, -0.05) is 0 Å². The molecule has 2 rings (SSSR count). The molecule has 1 amide bonds. The Bertz CT molecular complexity index is 570. The van der Waals surface area contributed by atoms with Crippen LogP contribution >= 0.6 is 0 Å². The Labute approximate surface area is 108 Å². The van der Waals surface area contributed by atoms with Crippen LogP contribution in [0.3, 0.4) is 0 Å². The second-order valence-corrected chi connectivity index (χ2v) is 4.54. The fraction of sp³-hybridized carbons (Fsp3) is 0.545. The van der Waals surface area contributed by atoms with E-state index in [4.69, 9.17) is 4.74 Å². The molecule has 3 N–H and O–H groups in total. The van der Waals surface area contributed by atoms with Crippen LogP contribution in [0, 0.1) is 0 Å². The third-order valence-electron chi connectivity index (χ3n) is 2.91. The summed E-state index contributed by atoms with van der Waals surface area (Å²) in [6.07, 6.45) is 1.71. The van der Waals surface area contributed by atoms with Gasteiger partial charge < -0.3 is 15.2 Å². The average molecular weight is 269 g/mol. The summed E-state index contributed by atoms with van der Waals surface area (Å²) in [4.78, 5) is 35.9. The summed E-state index contributed by atoms with van der Waals surface area (Å²) in [5.41, 5.74) is -2.20. The lowest BCUT2D eigenvalue weighted by atomic mass is 10.0. The van der Waals surface area contributed by atoms with E-state index in [2.05, 4.69) is 10.3 Å². The maximum Gasteiger partial charge on any atom is 0.328 e. The zero-order valence-electron chi connectivity index (χ0n) is 10.2. The SMILES string of the molecule is O=C(Cn1ccc(=O)[nH]c1=O)NCC1(O)CCOC1. The number of aromatic nitrogens is 2. The first kappa shape index (κ1) is 13.5. The monoisotopic (exact) mass is 269 g/mol. The Morgan fingerprint density at radius 2 is 2.37 bits per heavy atom. The Hall–Kier alpha value is -1.93. The Balaban J connectivity index is 1.90. The normalized spacial score (nSPS) is 22.4. The first-order valence-electron chi connectivity index (χ1n) is 5.85. The number of hydrogen-bond acceptors (Lipinski definition) is 5. The minimum Gasteiger partial charge on any atom is -0.386 e. The van der Waals surface area contributed by atoms with Crippen LogP contribution in [0.2, 0.25) is 0 Å².